The van der Waals surface area contributed by atoms with Crippen LogP contribution >= 0.6 is 0 Å². The molecule has 7 rings (SSSR count). The first-order valence-corrected chi connectivity index (χ1v) is 12.4. The molecule has 6 aromatic carbocycles. The Morgan fingerprint density at radius 2 is 0.500 bits per heavy atom. The summed E-state index contributed by atoms with van der Waals surface area (Å²) in [5.41, 5.74) is 14.6. The Hall–Kier alpha value is -4.68. The third kappa shape index (κ3) is 3.23. The fourth-order valence-corrected chi connectivity index (χ4v) is 5.63. The normalized spacial score (nSPS) is 11.3. The molecule has 0 spiro atoms. The second-order valence-corrected chi connectivity index (χ2v) is 9.19. The van der Waals surface area contributed by atoms with E-state index < -0.39 is 0 Å². The molecule has 0 bridgehead atoms. The van der Waals surface area contributed by atoms with Gasteiger partial charge >= 0.3 is 0 Å². The smallest absolute Gasteiger partial charge is 0.00201 e. The maximum Gasteiger partial charge on any atom is -0.00201 e. The lowest BCUT2D eigenvalue weighted by Gasteiger charge is -2.22. The van der Waals surface area contributed by atoms with Crippen molar-refractivity contribution in [3.8, 4) is 66.8 Å². The molecule has 1 aliphatic rings. The minimum absolute atomic E-state index is 1.13. The van der Waals surface area contributed by atoms with Gasteiger partial charge in [-0.15, -0.1) is 0 Å². The summed E-state index contributed by atoms with van der Waals surface area (Å²) in [5, 5.41) is 0. The fraction of sp³-hybridized carbons (Fsp3) is 0. The lowest BCUT2D eigenvalue weighted by atomic mass is 9.81. The number of fused-ring (bicyclic) bond motifs is 12. The van der Waals surface area contributed by atoms with Crippen LogP contribution in [0.4, 0.5) is 0 Å². The van der Waals surface area contributed by atoms with E-state index in [1.54, 1.807) is 0 Å². The highest BCUT2D eigenvalue weighted by Gasteiger charge is 2.21. The zero-order valence-electron chi connectivity index (χ0n) is 19.8. The van der Waals surface area contributed by atoms with Crippen molar-refractivity contribution in [1.29, 1.82) is 0 Å². The van der Waals surface area contributed by atoms with Crippen LogP contribution < -0.4 is 0 Å². The molecule has 167 valence electrons. The van der Waals surface area contributed by atoms with Crippen LogP contribution in [0.25, 0.3) is 66.8 Å². The Morgan fingerprint density at radius 3 is 0.861 bits per heavy atom. The van der Waals surface area contributed by atoms with E-state index in [4.69, 9.17) is 0 Å². The molecule has 0 fully saturated rings. The Balaban J connectivity index is 1.71. The summed E-state index contributed by atoms with van der Waals surface area (Å²) < 4.78 is 0. The molecular formula is C36H23. The largest absolute Gasteiger partial charge is 0.0616 e. The molecule has 0 aliphatic heterocycles. The average molecular weight is 456 g/mol. The molecule has 0 aromatic heterocycles. The predicted molar refractivity (Wildman–Crippen MR) is 151 cm³/mol. The van der Waals surface area contributed by atoms with Gasteiger partial charge in [0.2, 0.25) is 0 Å². The van der Waals surface area contributed by atoms with E-state index in [0.717, 1.165) is 5.56 Å². The van der Waals surface area contributed by atoms with E-state index in [1.807, 2.05) is 6.07 Å². The summed E-state index contributed by atoms with van der Waals surface area (Å²) in [6, 6.07) is 53.9. The summed E-state index contributed by atoms with van der Waals surface area (Å²) in [4.78, 5) is 0. The fourth-order valence-electron chi connectivity index (χ4n) is 5.63. The summed E-state index contributed by atoms with van der Waals surface area (Å²) in [5.74, 6) is 0. The predicted octanol–water partition coefficient (Wildman–Crippen LogP) is 9.80. The highest BCUT2D eigenvalue weighted by Crippen LogP contribution is 2.47. The lowest BCUT2D eigenvalue weighted by Crippen LogP contribution is -1.96. The summed E-state index contributed by atoms with van der Waals surface area (Å²) in [6.07, 6.45) is 0. The number of hydrogen-bond donors (Lipinski definition) is 0. The van der Waals surface area contributed by atoms with Gasteiger partial charge in [-0.2, -0.15) is 0 Å². The lowest BCUT2D eigenvalue weighted by molar-refractivity contribution is 1.52. The van der Waals surface area contributed by atoms with Crippen LogP contribution in [0.15, 0.2) is 140 Å². The van der Waals surface area contributed by atoms with Gasteiger partial charge in [-0.05, 0) is 72.8 Å². The number of benzene rings is 6. The molecular weight excluding hydrogens is 432 g/mol. The van der Waals surface area contributed by atoms with Gasteiger partial charge in [-0.1, -0.05) is 140 Å². The van der Waals surface area contributed by atoms with Crippen LogP contribution in [0.5, 0.6) is 0 Å². The van der Waals surface area contributed by atoms with Crippen molar-refractivity contribution >= 4 is 0 Å². The quantitative estimate of drug-likeness (QED) is 0.213. The van der Waals surface area contributed by atoms with Crippen LogP contribution in [-0.4, -0.2) is 0 Å². The van der Waals surface area contributed by atoms with Crippen LogP contribution in [0.2, 0.25) is 0 Å². The Bertz CT molecular complexity index is 1230. The van der Waals surface area contributed by atoms with Gasteiger partial charge in [0, 0.05) is 0 Å². The Kier molecular flexibility index (Phi) is 4.89. The maximum atomic E-state index is 3.61. The highest BCUT2D eigenvalue weighted by molar-refractivity contribution is 6.03. The zero-order chi connectivity index (χ0) is 23.9. The minimum Gasteiger partial charge on any atom is -0.0616 e. The van der Waals surface area contributed by atoms with Crippen molar-refractivity contribution in [2.75, 3.05) is 0 Å². The van der Waals surface area contributed by atoms with Gasteiger partial charge in [0.1, 0.15) is 0 Å². The van der Waals surface area contributed by atoms with Crippen molar-refractivity contribution in [1.82, 2.24) is 0 Å². The second kappa shape index (κ2) is 8.52. The SMILES string of the molecule is [c]1cccc2c1-c1ccccc1-c1ccccc1-c1ccccc1-c1ccccc1-c1ccccc1-2. The van der Waals surface area contributed by atoms with Crippen molar-refractivity contribution < 1.29 is 0 Å². The van der Waals surface area contributed by atoms with Crippen molar-refractivity contribution in [2.45, 2.75) is 0 Å². The number of hydrogen-bond acceptors (Lipinski definition) is 0. The average Bonchev–Trinajstić information content (AvgIpc) is 2.97. The van der Waals surface area contributed by atoms with Crippen molar-refractivity contribution in [3.05, 3.63) is 146 Å². The minimum atomic E-state index is 1.13. The van der Waals surface area contributed by atoms with Crippen LogP contribution in [-0.2, 0) is 0 Å². The van der Waals surface area contributed by atoms with Gasteiger partial charge < -0.3 is 0 Å². The molecule has 6 aromatic rings. The molecule has 0 atom stereocenters. The highest BCUT2D eigenvalue weighted by atomic mass is 14.2. The second-order valence-electron chi connectivity index (χ2n) is 9.19. The topological polar surface area (TPSA) is 0 Å². The molecule has 0 heteroatoms. The van der Waals surface area contributed by atoms with Crippen LogP contribution in [0.1, 0.15) is 0 Å². The van der Waals surface area contributed by atoms with E-state index in [0.29, 0.717) is 0 Å². The van der Waals surface area contributed by atoms with Gasteiger partial charge in [0.05, 0.1) is 0 Å². The molecule has 0 heterocycles. The molecule has 0 unspecified atom stereocenters. The maximum absolute atomic E-state index is 3.61. The molecule has 1 aliphatic carbocycles. The molecule has 1 radical (unpaired) electrons. The van der Waals surface area contributed by atoms with Crippen molar-refractivity contribution in [2.24, 2.45) is 0 Å². The summed E-state index contributed by atoms with van der Waals surface area (Å²) >= 11 is 0. The van der Waals surface area contributed by atoms with Crippen LogP contribution in [0.3, 0.4) is 0 Å². The van der Waals surface area contributed by atoms with E-state index >= 15 is 0 Å². The van der Waals surface area contributed by atoms with Gasteiger partial charge in [-0.25, -0.2) is 0 Å². The summed E-state index contributed by atoms with van der Waals surface area (Å²) in [6.45, 7) is 0. The molecule has 0 amide bonds. The first-order valence-electron chi connectivity index (χ1n) is 12.4. The van der Waals surface area contributed by atoms with Gasteiger partial charge in [0.25, 0.3) is 0 Å². The molecule has 0 N–H and O–H groups in total. The van der Waals surface area contributed by atoms with Crippen molar-refractivity contribution in [3.63, 3.8) is 0 Å². The third-order valence-electron chi connectivity index (χ3n) is 7.21. The first-order chi connectivity index (χ1) is 17.9. The molecule has 0 nitrogen and oxygen atoms in total. The van der Waals surface area contributed by atoms with Gasteiger partial charge in [0.15, 0.2) is 0 Å². The van der Waals surface area contributed by atoms with E-state index in [1.165, 1.54) is 61.2 Å². The first kappa shape index (κ1) is 20.7. The monoisotopic (exact) mass is 455 g/mol. The molecule has 0 saturated carbocycles. The summed E-state index contributed by atoms with van der Waals surface area (Å²) in [7, 11) is 0. The zero-order valence-corrected chi connectivity index (χ0v) is 19.8. The molecule has 36 heavy (non-hydrogen) atoms. The van der Waals surface area contributed by atoms with E-state index in [2.05, 4.69) is 140 Å². The third-order valence-corrected chi connectivity index (χ3v) is 7.21. The Labute approximate surface area is 212 Å². The van der Waals surface area contributed by atoms with Gasteiger partial charge in [-0.3, -0.25) is 0 Å². The van der Waals surface area contributed by atoms with E-state index in [9.17, 15) is 0 Å². The molecule has 0 saturated heterocycles. The van der Waals surface area contributed by atoms with Crippen LogP contribution in [0, 0.1) is 6.07 Å². The Morgan fingerprint density at radius 1 is 0.250 bits per heavy atom. The number of rotatable bonds is 0. The van der Waals surface area contributed by atoms with E-state index in [-0.39, 0.29) is 0 Å². The standard InChI is InChI=1S/C36H23/c1-2-14-26-25(13-1)27-15-3-4-17-29(27)31-19-7-8-21-33(31)35-23-11-12-24-36(35)34-22-10-9-20-32(34)30-18-6-5-16-28(26)30/h1-23H.